The first-order chi connectivity index (χ1) is 9.37. The van der Waals surface area contributed by atoms with E-state index in [0.29, 0.717) is 11.8 Å². The molecule has 0 N–H and O–H groups in total. The van der Waals surface area contributed by atoms with Gasteiger partial charge in [0.05, 0.1) is 12.2 Å². The van der Waals surface area contributed by atoms with Crippen LogP contribution in [0.3, 0.4) is 0 Å². The number of benzene rings is 1. The second kappa shape index (κ2) is 7.33. The molecule has 3 nitrogen and oxygen atoms in total. The van der Waals surface area contributed by atoms with E-state index >= 15 is 0 Å². The van der Waals surface area contributed by atoms with Crippen molar-refractivity contribution in [2.45, 2.75) is 30.2 Å². The first-order valence-corrected chi connectivity index (χ1v) is 6.68. The maximum Gasteiger partial charge on any atom is 0.446 e. The molecule has 0 spiro atoms. The minimum absolute atomic E-state index is 0.00704. The molecule has 0 fully saturated rings. The summed E-state index contributed by atoms with van der Waals surface area (Å²) in [7, 11) is 0. The average Bonchev–Trinajstić information content (AvgIpc) is 2.36. The molecule has 1 aromatic carbocycles. The number of aldehydes is 1. The second-order valence-electron chi connectivity index (χ2n) is 3.80. The van der Waals surface area contributed by atoms with Crippen molar-refractivity contribution in [3.05, 3.63) is 29.3 Å². The Hall–Kier alpha value is -1.50. The predicted molar refractivity (Wildman–Crippen MR) is 68.7 cm³/mol. The van der Waals surface area contributed by atoms with Crippen LogP contribution in [-0.2, 0) is 16.0 Å². The smallest absolute Gasteiger partial charge is 0.446 e. The van der Waals surface area contributed by atoms with E-state index in [1.807, 2.05) is 0 Å². The van der Waals surface area contributed by atoms with Crippen molar-refractivity contribution in [1.82, 2.24) is 0 Å². The minimum Gasteiger partial charge on any atom is -0.462 e. The molecule has 0 bridgehead atoms. The summed E-state index contributed by atoms with van der Waals surface area (Å²) in [5, 5.41) is 0. The van der Waals surface area contributed by atoms with Crippen LogP contribution < -0.4 is 0 Å². The highest BCUT2D eigenvalue weighted by molar-refractivity contribution is 8.00. The van der Waals surface area contributed by atoms with Crippen LogP contribution in [0.25, 0.3) is 0 Å². The summed E-state index contributed by atoms with van der Waals surface area (Å²) in [6, 6.07) is 3.86. The number of carbonyl (C=O) groups is 2. The van der Waals surface area contributed by atoms with Crippen LogP contribution in [0.5, 0.6) is 0 Å². The van der Waals surface area contributed by atoms with E-state index < -0.39 is 11.5 Å². The number of carbonyl (C=O) groups excluding carboxylic acids is 2. The van der Waals surface area contributed by atoms with Crippen LogP contribution >= 0.6 is 11.8 Å². The first-order valence-electron chi connectivity index (χ1n) is 5.86. The molecule has 0 saturated carbocycles. The monoisotopic (exact) mass is 306 g/mol. The number of esters is 1. The van der Waals surface area contributed by atoms with Gasteiger partial charge in [0.2, 0.25) is 0 Å². The molecule has 20 heavy (non-hydrogen) atoms. The van der Waals surface area contributed by atoms with Gasteiger partial charge in [0, 0.05) is 11.3 Å². The van der Waals surface area contributed by atoms with E-state index in [9.17, 15) is 22.8 Å². The van der Waals surface area contributed by atoms with E-state index in [1.165, 1.54) is 18.2 Å². The third kappa shape index (κ3) is 5.24. The summed E-state index contributed by atoms with van der Waals surface area (Å²) in [6.45, 7) is 1.82. The molecule has 0 amide bonds. The molecule has 110 valence electrons. The predicted octanol–water partition coefficient (Wildman–Crippen LogP) is 3.61. The zero-order valence-corrected chi connectivity index (χ0v) is 11.5. The number of halogens is 3. The Morgan fingerprint density at radius 3 is 2.65 bits per heavy atom. The van der Waals surface area contributed by atoms with Crippen LogP contribution in [0, 0.1) is 0 Å². The van der Waals surface area contributed by atoms with Gasteiger partial charge in [-0.3, -0.25) is 0 Å². The first kappa shape index (κ1) is 16.6. The van der Waals surface area contributed by atoms with Gasteiger partial charge >= 0.3 is 11.5 Å². The summed E-state index contributed by atoms with van der Waals surface area (Å²) < 4.78 is 42.1. The zero-order chi connectivity index (χ0) is 15.2. The highest BCUT2D eigenvalue weighted by Crippen LogP contribution is 2.39. The lowest BCUT2D eigenvalue weighted by molar-refractivity contribution is -0.107. The summed E-state index contributed by atoms with van der Waals surface area (Å²) >= 11 is -0.256. The molecule has 0 aliphatic rings. The Bertz CT molecular complexity index is 486. The van der Waals surface area contributed by atoms with Crippen molar-refractivity contribution in [3.63, 3.8) is 0 Å². The van der Waals surface area contributed by atoms with Gasteiger partial charge in [-0.15, -0.1) is 0 Å². The number of hydrogen-bond acceptors (Lipinski definition) is 4. The maximum absolute atomic E-state index is 12.4. The molecule has 0 saturated heterocycles. The van der Waals surface area contributed by atoms with Crippen molar-refractivity contribution in [3.8, 4) is 0 Å². The van der Waals surface area contributed by atoms with Gasteiger partial charge < -0.3 is 9.53 Å². The molecular weight excluding hydrogens is 293 g/mol. The standard InChI is InChI=1S/C13H13F3O3S/c1-2-19-12(18)10-5-6-11(20-13(14,15)16)9(8-10)4-3-7-17/h5-8H,2-4H2,1H3. The molecule has 0 aromatic heterocycles. The van der Waals surface area contributed by atoms with Crippen LogP contribution in [-0.4, -0.2) is 24.4 Å². The van der Waals surface area contributed by atoms with Gasteiger partial charge in [-0.1, -0.05) is 0 Å². The van der Waals surface area contributed by atoms with E-state index in [1.54, 1.807) is 6.92 Å². The zero-order valence-electron chi connectivity index (χ0n) is 10.7. The highest BCUT2D eigenvalue weighted by atomic mass is 32.2. The van der Waals surface area contributed by atoms with Crippen molar-refractivity contribution < 1.29 is 27.5 Å². The Kier molecular flexibility index (Phi) is 6.06. The van der Waals surface area contributed by atoms with Gasteiger partial charge in [-0.05, 0) is 48.9 Å². The molecular formula is C13H13F3O3S. The Labute approximate surface area is 118 Å². The lowest BCUT2D eigenvalue weighted by atomic mass is 10.1. The normalized spacial score (nSPS) is 11.2. The maximum atomic E-state index is 12.4. The van der Waals surface area contributed by atoms with Gasteiger partial charge in [-0.25, -0.2) is 4.79 Å². The van der Waals surface area contributed by atoms with Crippen molar-refractivity contribution in [1.29, 1.82) is 0 Å². The quantitative estimate of drug-likeness (QED) is 0.457. The number of alkyl halides is 3. The third-order valence-corrected chi connectivity index (χ3v) is 3.18. The van der Waals surface area contributed by atoms with Crippen LogP contribution in [0.4, 0.5) is 13.2 Å². The summed E-state index contributed by atoms with van der Waals surface area (Å²) in [5.74, 6) is -0.594. The fraction of sp³-hybridized carbons (Fsp3) is 0.385. The van der Waals surface area contributed by atoms with Gasteiger partial charge in [0.25, 0.3) is 0 Å². The lowest BCUT2D eigenvalue weighted by Gasteiger charge is -2.12. The topological polar surface area (TPSA) is 43.4 Å². The molecule has 0 atom stereocenters. The fourth-order valence-corrected chi connectivity index (χ4v) is 2.23. The third-order valence-electron chi connectivity index (χ3n) is 2.33. The van der Waals surface area contributed by atoms with Gasteiger partial charge in [-0.2, -0.15) is 13.2 Å². The van der Waals surface area contributed by atoms with Crippen molar-refractivity contribution in [2.24, 2.45) is 0 Å². The SMILES string of the molecule is CCOC(=O)c1ccc(SC(F)(F)F)c(CCC=O)c1. The molecule has 1 aromatic rings. The number of rotatable bonds is 6. The van der Waals surface area contributed by atoms with Crippen molar-refractivity contribution >= 4 is 24.0 Å². The summed E-state index contributed by atoms with van der Waals surface area (Å²) in [6.07, 6.45) is 0.867. The molecule has 0 heterocycles. The Balaban J connectivity index is 3.05. The average molecular weight is 306 g/mol. The highest BCUT2D eigenvalue weighted by Gasteiger charge is 2.30. The fourth-order valence-electron chi connectivity index (χ4n) is 1.55. The summed E-state index contributed by atoms with van der Waals surface area (Å²) in [5.41, 5.74) is -3.93. The molecule has 7 heteroatoms. The number of aryl methyl sites for hydroxylation is 1. The van der Waals surface area contributed by atoms with Gasteiger partial charge in [0.1, 0.15) is 6.29 Å². The second-order valence-corrected chi connectivity index (χ2v) is 4.90. The van der Waals surface area contributed by atoms with E-state index in [-0.39, 0.29) is 41.7 Å². The van der Waals surface area contributed by atoms with E-state index in [2.05, 4.69) is 0 Å². The van der Waals surface area contributed by atoms with Crippen LogP contribution in [0.15, 0.2) is 23.1 Å². The lowest BCUT2D eigenvalue weighted by Crippen LogP contribution is -2.07. The largest absolute Gasteiger partial charge is 0.462 e. The van der Waals surface area contributed by atoms with Crippen LogP contribution in [0.1, 0.15) is 29.3 Å². The Morgan fingerprint density at radius 2 is 2.10 bits per heavy atom. The molecule has 1 rings (SSSR count). The van der Waals surface area contributed by atoms with E-state index in [4.69, 9.17) is 4.74 Å². The molecule has 0 aliphatic carbocycles. The molecule has 0 aliphatic heterocycles. The number of thioether (sulfide) groups is 1. The number of hydrogen-bond donors (Lipinski definition) is 0. The minimum atomic E-state index is -4.42. The summed E-state index contributed by atoms with van der Waals surface area (Å²) in [4.78, 5) is 21.9. The van der Waals surface area contributed by atoms with Crippen molar-refractivity contribution in [2.75, 3.05) is 6.61 Å². The molecule has 0 radical (unpaired) electrons. The van der Waals surface area contributed by atoms with E-state index in [0.717, 1.165) is 0 Å². The van der Waals surface area contributed by atoms with Crippen LogP contribution in [0.2, 0.25) is 0 Å². The number of ether oxygens (including phenoxy) is 1. The Morgan fingerprint density at radius 1 is 1.40 bits per heavy atom. The molecule has 0 unspecified atom stereocenters. The van der Waals surface area contributed by atoms with Gasteiger partial charge in [0.15, 0.2) is 0 Å².